The molecule has 3 rings (SSSR count). The van der Waals surface area contributed by atoms with Gasteiger partial charge in [-0.3, -0.25) is 0 Å². The van der Waals surface area contributed by atoms with Gasteiger partial charge in [-0.05, 0) is 41.8 Å². The number of carbonyl (C=O) groups excluding carboxylic acids is 1. The first kappa shape index (κ1) is 13.2. The van der Waals surface area contributed by atoms with Crippen molar-refractivity contribution in [3.8, 4) is 0 Å². The summed E-state index contributed by atoms with van der Waals surface area (Å²) in [5.74, 6) is 0. The summed E-state index contributed by atoms with van der Waals surface area (Å²) in [7, 11) is 0. The number of aryl methyl sites for hydroxylation is 1. The molecule has 0 radical (unpaired) electrons. The van der Waals surface area contributed by atoms with Gasteiger partial charge in [0.05, 0.1) is 0 Å². The van der Waals surface area contributed by atoms with Gasteiger partial charge in [0.2, 0.25) is 0 Å². The lowest BCUT2D eigenvalue weighted by Crippen LogP contribution is -2.30. The normalized spacial score (nSPS) is 13.2. The van der Waals surface area contributed by atoms with Crippen molar-refractivity contribution in [2.75, 3.05) is 5.32 Å². The van der Waals surface area contributed by atoms with Gasteiger partial charge in [-0.1, -0.05) is 40.2 Å². The molecule has 1 aliphatic heterocycles. The number of carbonyl (C=O) groups is 1. The highest BCUT2D eigenvalue weighted by atomic mass is 79.9. The third kappa shape index (κ3) is 2.56. The fourth-order valence-corrected chi connectivity index (χ4v) is 2.98. The van der Waals surface area contributed by atoms with Gasteiger partial charge in [0.15, 0.2) is 0 Å². The Morgan fingerprint density at radius 3 is 2.75 bits per heavy atom. The minimum Gasteiger partial charge on any atom is -0.316 e. The van der Waals surface area contributed by atoms with Crippen LogP contribution < -0.4 is 5.32 Å². The van der Waals surface area contributed by atoms with Crippen LogP contribution in [-0.2, 0) is 13.1 Å². The van der Waals surface area contributed by atoms with Crippen molar-refractivity contribution in [1.82, 2.24) is 4.90 Å². The molecule has 2 aromatic rings. The number of nitrogens with one attached hydrogen (secondary N) is 1. The van der Waals surface area contributed by atoms with E-state index >= 15 is 0 Å². The van der Waals surface area contributed by atoms with Crippen molar-refractivity contribution in [2.45, 2.75) is 20.0 Å². The minimum atomic E-state index is -0.0568. The number of nitrogens with zero attached hydrogens (tertiary/aromatic N) is 1. The Balaban J connectivity index is 1.73. The molecule has 0 saturated carbocycles. The fourth-order valence-electron chi connectivity index (χ4n) is 2.45. The number of rotatable bonds is 1. The number of halogens is 1. The van der Waals surface area contributed by atoms with Crippen LogP contribution in [0, 0.1) is 6.92 Å². The zero-order valence-electron chi connectivity index (χ0n) is 11.2. The second-order valence-corrected chi connectivity index (χ2v) is 5.89. The van der Waals surface area contributed by atoms with E-state index in [2.05, 4.69) is 27.3 Å². The average molecular weight is 331 g/mol. The number of hydrogen-bond acceptors (Lipinski definition) is 1. The minimum absolute atomic E-state index is 0.0568. The lowest BCUT2D eigenvalue weighted by atomic mass is 10.1. The first-order valence-electron chi connectivity index (χ1n) is 6.52. The molecule has 1 aliphatic rings. The third-order valence-electron chi connectivity index (χ3n) is 3.48. The summed E-state index contributed by atoms with van der Waals surface area (Å²) < 4.78 is 1.07. The van der Waals surface area contributed by atoms with Gasteiger partial charge >= 0.3 is 6.03 Å². The quantitative estimate of drug-likeness (QED) is 0.830. The van der Waals surface area contributed by atoms with E-state index in [0.29, 0.717) is 13.1 Å². The largest absolute Gasteiger partial charge is 0.322 e. The molecule has 1 heterocycles. The maximum Gasteiger partial charge on any atom is 0.322 e. The van der Waals surface area contributed by atoms with Crippen molar-refractivity contribution in [3.05, 3.63) is 63.6 Å². The molecule has 0 atom stereocenters. The molecular formula is C16H15BrN2O. The molecule has 3 nitrogen and oxygen atoms in total. The zero-order chi connectivity index (χ0) is 14.1. The van der Waals surface area contributed by atoms with E-state index in [4.69, 9.17) is 0 Å². The molecule has 0 fully saturated rings. The Morgan fingerprint density at radius 2 is 2.00 bits per heavy atom. The zero-order valence-corrected chi connectivity index (χ0v) is 12.8. The Morgan fingerprint density at radius 1 is 1.20 bits per heavy atom. The summed E-state index contributed by atoms with van der Waals surface area (Å²) in [5, 5.41) is 2.95. The van der Waals surface area contributed by atoms with Crippen LogP contribution in [0.3, 0.4) is 0 Å². The molecule has 20 heavy (non-hydrogen) atoms. The highest BCUT2D eigenvalue weighted by Gasteiger charge is 2.24. The summed E-state index contributed by atoms with van der Waals surface area (Å²) in [5.41, 5.74) is 4.38. The van der Waals surface area contributed by atoms with Crippen LogP contribution in [0.15, 0.2) is 46.9 Å². The van der Waals surface area contributed by atoms with Crippen molar-refractivity contribution in [2.24, 2.45) is 0 Å². The highest BCUT2D eigenvalue weighted by molar-refractivity contribution is 9.10. The van der Waals surface area contributed by atoms with E-state index in [-0.39, 0.29) is 6.03 Å². The lowest BCUT2D eigenvalue weighted by Gasteiger charge is -2.16. The molecular weight excluding hydrogens is 316 g/mol. The molecule has 4 heteroatoms. The van der Waals surface area contributed by atoms with Crippen molar-refractivity contribution in [1.29, 1.82) is 0 Å². The standard InChI is InChI=1S/C16H15BrN2O/c1-11-4-2-6-13(8-11)18-16(20)19-9-12-5-3-7-15(17)14(12)10-19/h2-8H,9-10H2,1H3,(H,18,20). The predicted molar refractivity (Wildman–Crippen MR) is 83.6 cm³/mol. The summed E-state index contributed by atoms with van der Waals surface area (Å²) in [6.07, 6.45) is 0. The van der Waals surface area contributed by atoms with Crippen molar-refractivity contribution in [3.63, 3.8) is 0 Å². The second kappa shape index (κ2) is 5.29. The average Bonchev–Trinajstić information content (AvgIpc) is 2.84. The second-order valence-electron chi connectivity index (χ2n) is 5.03. The topological polar surface area (TPSA) is 32.3 Å². The molecule has 0 aliphatic carbocycles. The number of amides is 2. The van der Waals surface area contributed by atoms with Crippen molar-refractivity contribution >= 4 is 27.6 Å². The van der Waals surface area contributed by atoms with Gasteiger partial charge in [-0.15, -0.1) is 0 Å². The number of hydrogen-bond donors (Lipinski definition) is 1. The number of urea groups is 1. The summed E-state index contributed by atoms with van der Waals surface area (Å²) >= 11 is 3.54. The third-order valence-corrected chi connectivity index (χ3v) is 4.23. The van der Waals surface area contributed by atoms with Gasteiger partial charge < -0.3 is 10.2 Å². The van der Waals surface area contributed by atoms with Crippen LogP contribution in [-0.4, -0.2) is 10.9 Å². The predicted octanol–water partition coefficient (Wildman–Crippen LogP) is 4.31. The SMILES string of the molecule is Cc1cccc(NC(=O)N2Cc3cccc(Br)c3C2)c1. The molecule has 0 aromatic heterocycles. The Labute approximate surface area is 126 Å². The smallest absolute Gasteiger partial charge is 0.316 e. The molecule has 0 spiro atoms. The maximum atomic E-state index is 12.3. The molecule has 2 amide bonds. The monoisotopic (exact) mass is 330 g/mol. The maximum absolute atomic E-state index is 12.3. The van der Waals surface area contributed by atoms with Gasteiger partial charge in [-0.2, -0.15) is 0 Å². The van der Waals surface area contributed by atoms with Crippen LogP contribution in [0.1, 0.15) is 16.7 Å². The molecule has 1 N–H and O–H groups in total. The first-order chi connectivity index (χ1) is 9.63. The van der Waals surface area contributed by atoms with Crippen LogP contribution >= 0.6 is 15.9 Å². The van der Waals surface area contributed by atoms with Crippen LogP contribution in [0.4, 0.5) is 10.5 Å². The van der Waals surface area contributed by atoms with E-state index in [1.807, 2.05) is 48.2 Å². The van der Waals surface area contributed by atoms with Crippen LogP contribution in [0.2, 0.25) is 0 Å². The Bertz CT molecular complexity index is 669. The summed E-state index contributed by atoms with van der Waals surface area (Å²) in [6, 6.07) is 13.9. The van der Waals surface area contributed by atoms with E-state index < -0.39 is 0 Å². The molecule has 102 valence electrons. The van der Waals surface area contributed by atoms with Gasteiger partial charge in [0.1, 0.15) is 0 Å². The number of benzene rings is 2. The molecule has 0 bridgehead atoms. The van der Waals surface area contributed by atoms with Crippen LogP contribution in [0.5, 0.6) is 0 Å². The molecule has 0 unspecified atom stereocenters. The molecule has 2 aromatic carbocycles. The van der Waals surface area contributed by atoms with E-state index in [9.17, 15) is 4.79 Å². The van der Waals surface area contributed by atoms with Gasteiger partial charge in [-0.25, -0.2) is 4.79 Å². The highest BCUT2D eigenvalue weighted by Crippen LogP contribution is 2.29. The Hall–Kier alpha value is -1.81. The van der Waals surface area contributed by atoms with E-state index in [1.54, 1.807) is 0 Å². The lowest BCUT2D eigenvalue weighted by molar-refractivity contribution is 0.212. The van der Waals surface area contributed by atoms with Gasteiger partial charge in [0, 0.05) is 23.2 Å². The van der Waals surface area contributed by atoms with Gasteiger partial charge in [0.25, 0.3) is 0 Å². The Kier molecular flexibility index (Phi) is 3.49. The van der Waals surface area contributed by atoms with Crippen molar-refractivity contribution < 1.29 is 4.79 Å². The fraction of sp³-hybridized carbons (Fsp3) is 0.188. The summed E-state index contributed by atoms with van der Waals surface area (Å²) in [6.45, 7) is 3.32. The summed E-state index contributed by atoms with van der Waals surface area (Å²) in [4.78, 5) is 14.1. The molecule has 0 saturated heterocycles. The number of fused-ring (bicyclic) bond motifs is 1. The first-order valence-corrected chi connectivity index (χ1v) is 7.31. The van der Waals surface area contributed by atoms with E-state index in [1.165, 1.54) is 11.1 Å². The van der Waals surface area contributed by atoms with Crippen LogP contribution in [0.25, 0.3) is 0 Å². The number of anilines is 1. The van der Waals surface area contributed by atoms with E-state index in [0.717, 1.165) is 15.7 Å².